The van der Waals surface area contributed by atoms with Crippen molar-refractivity contribution in [3.8, 4) is 5.75 Å². The molecule has 1 aliphatic heterocycles. The number of ether oxygens (including phenoxy) is 1. The van der Waals surface area contributed by atoms with Gasteiger partial charge < -0.3 is 4.74 Å². The van der Waals surface area contributed by atoms with E-state index in [9.17, 15) is 8.42 Å². The smallest absolute Gasteiger partial charge is 0.243 e. The fourth-order valence-electron chi connectivity index (χ4n) is 2.99. The van der Waals surface area contributed by atoms with Crippen LogP contribution >= 0.6 is 0 Å². The Kier molecular flexibility index (Phi) is 4.82. The second-order valence-corrected chi connectivity index (χ2v) is 7.90. The summed E-state index contributed by atoms with van der Waals surface area (Å²) >= 11 is 0. The second-order valence-electron chi connectivity index (χ2n) is 5.97. The lowest BCUT2D eigenvalue weighted by Gasteiger charge is -2.31. The highest BCUT2D eigenvalue weighted by atomic mass is 32.2. The quantitative estimate of drug-likeness (QED) is 0.849. The molecule has 128 valence electrons. The van der Waals surface area contributed by atoms with Crippen LogP contribution in [0.4, 0.5) is 0 Å². The molecule has 1 atom stereocenters. The Morgan fingerprint density at radius 1 is 1.29 bits per heavy atom. The van der Waals surface area contributed by atoms with Crippen LogP contribution < -0.4 is 4.74 Å². The summed E-state index contributed by atoms with van der Waals surface area (Å²) in [6.45, 7) is 2.84. The predicted octanol–water partition coefficient (Wildman–Crippen LogP) is 2.36. The zero-order valence-electron chi connectivity index (χ0n) is 13.8. The summed E-state index contributed by atoms with van der Waals surface area (Å²) in [5.41, 5.74) is 1.71. The van der Waals surface area contributed by atoms with Crippen LogP contribution in [-0.2, 0) is 10.0 Å². The maximum absolute atomic E-state index is 12.9. The molecule has 2 aromatic rings. The molecule has 0 unspecified atom stereocenters. The van der Waals surface area contributed by atoms with Gasteiger partial charge in [-0.05, 0) is 31.9 Å². The van der Waals surface area contributed by atoms with Crippen LogP contribution in [0.1, 0.15) is 30.1 Å². The average molecular weight is 347 g/mol. The van der Waals surface area contributed by atoms with Crippen LogP contribution in [0.15, 0.2) is 41.6 Å². The Bertz CT molecular complexity index is 823. The van der Waals surface area contributed by atoms with Crippen molar-refractivity contribution in [2.45, 2.75) is 30.6 Å². The molecule has 0 aliphatic carbocycles. The van der Waals surface area contributed by atoms with Crippen molar-refractivity contribution >= 4 is 10.0 Å². The van der Waals surface area contributed by atoms with E-state index in [-0.39, 0.29) is 10.8 Å². The van der Waals surface area contributed by atoms with Gasteiger partial charge in [-0.2, -0.15) is 4.31 Å². The van der Waals surface area contributed by atoms with Gasteiger partial charge in [-0.25, -0.2) is 8.42 Å². The normalized spacial score (nSPS) is 19.2. The average Bonchev–Trinajstić information content (AvgIpc) is 2.62. The van der Waals surface area contributed by atoms with E-state index >= 15 is 0 Å². The summed E-state index contributed by atoms with van der Waals surface area (Å²) in [5.74, 6) is 0.612. The zero-order valence-corrected chi connectivity index (χ0v) is 14.7. The molecule has 0 spiro atoms. The minimum Gasteiger partial charge on any atom is -0.497 e. The molecule has 1 saturated heterocycles. The Morgan fingerprint density at radius 2 is 2.12 bits per heavy atom. The number of aryl methyl sites for hydroxylation is 1. The Morgan fingerprint density at radius 3 is 2.88 bits per heavy atom. The Hall–Kier alpha value is -1.99. The molecule has 0 saturated carbocycles. The van der Waals surface area contributed by atoms with Gasteiger partial charge in [0, 0.05) is 37.5 Å². The molecule has 6 nitrogen and oxygen atoms in total. The standard InChI is InChI=1S/C17H21N3O3S/c1-13-10-18-11-17(19-13)14-5-4-8-20(12-14)24(21,22)16-7-3-6-15(9-16)23-2/h3,6-7,9-11,14H,4-5,8,12H2,1-2H3/t14-/m0/s1. The fraction of sp³-hybridized carbons (Fsp3) is 0.412. The van der Waals surface area contributed by atoms with Gasteiger partial charge in [0.05, 0.1) is 23.4 Å². The minimum atomic E-state index is -3.54. The molecular weight excluding hydrogens is 326 g/mol. The highest BCUT2D eigenvalue weighted by Gasteiger charge is 2.31. The summed E-state index contributed by atoms with van der Waals surface area (Å²) < 4.78 is 32.5. The minimum absolute atomic E-state index is 0.0755. The van der Waals surface area contributed by atoms with Gasteiger partial charge >= 0.3 is 0 Å². The molecule has 1 fully saturated rings. The van der Waals surface area contributed by atoms with Crippen LogP contribution in [0.5, 0.6) is 5.75 Å². The first-order valence-electron chi connectivity index (χ1n) is 7.93. The van der Waals surface area contributed by atoms with Crippen molar-refractivity contribution in [1.82, 2.24) is 14.3 Å². The van der Waals surface area contributed by atoms with E-state index < -0.39 is 10.0 Å². The van der Waals surface area contributed by atoms with E-state index in [0.29, 0.717) is 18.8 Å². The number of sulfonamides is 1. The van der Waals surface area contributed by atoms with Gasteiger partial charge in [0.15, 0.2) is 0 Å². The lowest BCUT2D eigenvalue weighted by molar-refractivity contribution is 0.312. The molecule has 7 heteroatoms. The molecule has 0 bridgehead atoms. The summed E-state index contributed by atoms with van der Waals surface area (Å²) in [4.78, 5) is 8.95. The number of nitrogens with zero attached hydrogens (tertiary/aromatic N) is 3. The Labute approximate surface area is 142 Å². The number of rotatable bonds is 4. The van der Waals surface area contributed by atoms with E-state index in [2.05, 4.69) is 9.97 Å². The van der Waals surface area contributed by atoms with Gasteiger partial charge in [-0.15, -0.1) is 0 Å². The van der Waals surface area contributed by atoms with Crippen LogP contribution in [0.3, 0.4) is 0 Å². The van der Waals surface area contributed by atoms with Crippen LogP contribution in [0, 0.1) is 6.92 Å². The predicted molar refractivity (Wildman–Crippen MR) is 90.5 cm³/mol. The zero-order chi connectivity index (χ0) is 17.2. The first kappa shape index (κ1) is 16.9. The third-order valence-electron chi connectivity index (χ3n) is 4.26. The SMILES string of the molecule is COc1cccc(S(=O)(=O)N2CCC[C@H](c3cncc(C)n3)C2)c1. The van der Waals surface area contributed by atoms with Crippen LogP contribution in [0.25, 0.3) is 0 Å². The van der Waals surface area contributed by atoms with Crippen molar-refractivity contribution in [2.75, 3.05) is 20.2 Å². The van der Waals surface area contributed by atoms with Crippen molar-refractivity contribution in [1.29, 1.82) is 0 Å². The highest BCUT2D eigenvalue weighted by molar-refractivity contribution is 7.89. The molecule has 1 aromatic carbocycles. The van der Waals surface area contributed by atoms with Gasteiger partial charge in [-0.3, -0.25) is 9.97 Å². The van der Waals surface area contributed by atoms with Crippen molar-refractivity contribution in [3.05, 3.63) is 48.0 Å². The lowest BCUT2D eigenvalue weighted by atomic mass is 9.96. The monoisotopic (exact) mass is 347 g/mol. The van der Waals surface area contributed by atoms with E-state index in [4.69, 9.17) is 4.74 Å². The van der Waals surface area contributed by atoms with Gasteiger partial charge in [0.1, 0.15) is 5.75 Å². The first-order chi connectivity index (χ1) is 11.5. The van der Waals surface area contributed by atoms with Gasteiger partial charge in [0.2, 0.25) is 10.0 Å². The molecule has 1 aromatic heterocycles. The molecule has 0 N–H and O–H groups in total. The lowest BCUT2D eigenvalue weighted by Crippen LogP contribution is -2.39. The van der Waals surface area contributed by atoms with E-state index in [1.165, 1.54) is 7.11 Å². The molecule has 3 rings (SSSR count). The number of aromatic nitrogens is 2. The first-order valence-corrected chi connectivity index (χ1v) is 9.37. The van der Waals surface area contributed by atoms with Crippen molar-refractivity contribution in [2.24, 2.45) is 0 Å². The molecule has 0 amide bonds. The largest absolute Gasteiger partial charge is 0.497 e. The third kappa shape index (κ3) is 3.42. The summed E-state index contributed by atoms with van der Waals surface area (Å²) in [6, 6.07) is 6.60. The summed E-state index contributed by atoms with van der Waals surface area (Å²) in [6.07, 6.45) is 5.17. The number of benzene rings is 1. The number of piperidine rings is 1. The highest BCUT2D eigenvalue weighted by Crippen LogP contribution is 2.30. The van der Waals surface area contributed by atoms with E-state index in [1.807, 2.05) is 6.92 Å². The maximum Gasteiger partial charge on any atom is 0.243 e. The summed E-state index contributed by atoms with van der Waals surface area (Å²) in [7, 11) is -2.01. The third-order valence-corrected chi connectivity index (χ3v) is 6.12. The summed E-state index contributed by atoms with van der Waals surface area (Å²) in [5, 5.41) is 0. The second kappa shape index (κ2) is 6.86. The number of hydrogen-bond acceptors (Lipinski definition) is 5. The fourth-order valence-corrected chi connectivity index (χ4v) is 4.55. The maximum atomic E-state index is 12.9. The molecule has 1 aliphatic rings. The van der Waals surface area contributed by atoms with Crippen LogP contribution in [-0.4, -0.2) is 42.9 Å². The van der Waals surface area contributed by atoms with Crippen LogP contribution in [0.2, 0.25) is 0 Å². The molecule has 2 heterocycles. The topological polar surface area (TPSA) is 72.4 Å². The van der Waals surface area contributed by atoms with E-state index in [0.717, 1.165) is 24.2 Å². The van der Waals surface area contributed by atoms with Gasteiger partial charge in [-0.1, -0.05) is 6.07 Å². The van der Waals surface area contributed by atoms with Crippen molar-refractivity contribution in [3.63, 3.8) is 0 Å². The molecular formula is C17H21N3O3S. The molecule has 0 radical (unpaired) electrons. The number of methoxy groups -OCH3 is 1. The Balaban J connectivity index is 1.85. The van der Waals surface area contributed by atoms with Gasteiger partial charge in [0.25, 0.3) is 0 Å². The van der Waals surface area contributed by atoms with E-state index in [1.54, 1.807) is 41.0 Å². The number of hydrogen-bond donors (Lipinski definition) is 0. The molecule has 24 heavy (non-hydrogen) atoms. The van der Waals surface area contributed by atoms with Crippen molar-refractivity contribution < 1.29 is 13.2 Å².